The maximum absolute atomic E-state index is 11.2. The van der Waals surface area contributed by atoms with Gasteiger partial charge in [0.25, 0.3) is 0 Å². The number of rotatable bonds is 4. The third-order valence-electron chi connectivity index (χ3n) is 2.52. The smallest absolute Gasteiger partial charge is 0.338 e. The van der Waals surface area contributed by atoms with Gasteiger partial charge in [-0.25, -0.2) is 9.78 Å². The molecule has 0 radical (unpaired) electrons. The lowest BCUT2D eigenvalue weighted by Crippen LogP contribution is -2.06. The molecule has 0 fully saturated rings. The van der Waals surface area contributed by atoms with Crippen molar-refractivity contribution in [2.45, 2.75) is 17.1 Å². The van der Waals surface area contributed by atoms with Crippen LogP contribution < -0.4 is 0 Å². The number of aromatic nitrogens is 3. The van der Waals surface area contributed by atoms with E-state index < -0.39 is 5.97 Å². The van der Waals surface area contributed by atoms with Crippen molar-refractivity contribution in [2.24, 2.45) is 7.05 Å². The van der Waals surface area contributed by atoms with E-state index in [-0.39, 0.29) is 17.4 Å². The van der Waals surface area contributed by atoms with Crippen molar-refractivity contribution in [2.75, 3.05) is 6.61 Å². The van der Waals surface area contributed by atoms with Crippen molar-refractivity contribution in [3.05, 3.63) is 18.0 Å². The number of nitrogens with zero attached hydrogens (tertiary/aromatic N) is 3. The molecule has 0 aromatic carbocycles. The number of aliphatic hydroxyl groups excluding tert-OH is 1. The van der Waals surface area contributed by atoms with Crippen molar-refractivity contribution >= 4 is 28.8 Å². The molecule has 2 aromatic rings. The Hall–Kier alpha value is -1.60. The fourth-order valence-electron chi connectivity index (χ4n) is 1.59. The van der Waals surface area contributed by atoms with E-state index in [1.807, 2.05) is 6.92 Å². The number of hydrogen-bond acceptors (Lipinski definition) is 5. The molecule has 0 saturated heterocycles. The van der Waals surface area contributed by atoms with Crippen LogP contribution in [0.5, 0.6) is 0 Å². The largest absolute Gasteiger partial charge is 0.478 e. The molecule has 2 N–H and O–H groups in total. The van der Waals surface area contributed by atoms with E-state index >= 15 is 0 Å². The van der Waals surface area contributed by atoms with Crippen LogP contribution in [-0.2, 0) is 7.05 Å². The molecule has 2 heterocycles. The molecular weight excluding hydrogens is 254 g/mol. The number of pyridine rings is 1. The Morgan fingerprint density at radius 3 is 2.89 bits per heavy atom. The van der Waals surface area contributed by atoms with Gasteiger partial charge in [-0.2, -0.15) is 5.10 Å². The van der Waals surface area contributed by atoms with Crippen LogP contribution in [0.2, 0.25) is 0 Å². The quantitative estimate of drug-likeness (QED) is 0.808. The number of aryl methyl sites for hydroxylation is 1. The summed E-state index contributed by atoms with van der Waals surface area (Å²) in [5.74, 6) is -1.03. The molecule has 6 nitrogen and oxygen atoms in total. The van der Waals surface area contributed by atoms with Crippen LogP contribution in [0.4, 0.5) is 0 Å². The predicted molar refractivity (Wildman–Crippen MR) is 67.9 cm³/mol. The lowest BCUT2D eigenvalue weighted by atomic mass is 10.2. The van der Waals surface area contributed by atoms with Crippen molar-refractivity contribution in [1.82, 2.24) is 14.8 Å². The minimum atomic E-state index is -1.03. The van der Waals surface area contributed by atoms with Crippen LogP contribution in [0, 0.1) is 0 Å². The second-order valence-electron chi connectivity index (χ2n) is 3.92. The summed E-state index contributed by atoms with van der Waals surface area (Å²) in [5.41, 5.74) is 0.772. The number of thioether (sulfide) groups is 1. The Kier molecular flexibility index (Phi) is 3.53. The molecule has 7 heteroatoms. The highest BCUT2D eigenvalue weighted by Gasteiger charge is 2.19. The molecule has 0 aliphatic heterocycles. The van der Waals surface area contributed by atoms with Crippen molar-refractivity contribution in [1.29, 1.82) is 0 Å². The highest BCUT2D eigenvalue weighted by atomic mass is 32.2. The first-order valence-electron chi connectivity index (χ1n) is 5.36. The van der Waals surface area contributed by atoms with Gasteiger partial charge in [0, 0.05) is 23.4 Å². The van der Waals surface area contributed by atoms with Crippen LogP contribution in [0.15, 0.2) is 17.3 Å². The molecule has 0 aliphatic carbocycles. The topological polar surface area (TPSA) is 88.2 Å². The SMILES string of the molecule is CC(CO)Sc1c(C(=O)O)cnc2c1cnn2C. The van der Waals surface area contributed by atoms with Gasteiger partial charge in [-0.3, -0.25) is 4.68 Å². The first kappa shape index (κ1) is 12.8. The maximum Gasteiger partial charge on any atom is 0.338 e. The number of aromatic carboxylic acids is 1. The lowest BCUT2D eigenvalue weighted by Gasteiger charge is -2.11. The highest BCUT2D eigenvalue weighted by Crippen LogP contribution is 2.32. The molecule has 0 aliphatic rings. The summed E-state index contributed by atoms with van der Waals surface area (Å²) < 4.78 is 1.59. The van der Waals surface area contributed by atoms with Gasteiger partial charge in [-0.15, -0.1) is 11.8 Å². The number of aliphatic hydroxyl groups is 1. The van der Waals surface area contributed by atoms with Crippen molar-refractivity contribution in [3.8, 4) is 0 Å². The molecule has 2 aromatic heterocycles. The Balaban J connectivity index is 2.62. The van der Waals surface area contributed by atoms with E-state index in [1.54, 1.807) is 17.9 Å². The third-order valence-corrected chi connectivity index (χ3v) is 3.75. The second kappa shape index (κ2) is 4.95. The summed E-state index contributed by atoms with van der Waals surface area (Å²) in [5, 5.41) is 23.0. The molecule has 1 atom stereocenters. The zero-order valence-electron chi connectivity index (χ0n) is 9.99. The van der Waals surface area contributed by atoms with Gasteiger partial charge >= 0.3 is 5.97 Å². The Bertz CT molecular complexity index is 596. The molecule has 96 valence electrons. The fourth-order valence-corrected chi connectivity index (χ4v) is 2.61. The molecule has 18 heavy (non-hydrogen) atoms. The Labute approximate surface area is 108 Å². The van der Waals surface area contributed by atoms with E-state index in [2.05, 4.69) is 10.1 Å². The van der Waals surface area contributed by atoms with Gasteiger partial charge in [0.05, 0.1) is 23.8 Å². The first-order chi connectivity index (χ1) is 8.54. The zero-order valence-corrected chi connectivity index (χ0v) is 10.8. The third kappa shape index (κ3) is 2.19. The molecule has 0 amide bonds. The average Bonchev–Trinajstić information content (AvgIpc) is 2.71. The number of carboxylic acid groups (broad SMARTS) is 1. The molecule has 1 unspecified atom stereocenters. The number of carbonyl (C=O) groups is 1. The molecule has 0 bridgehead atoms. The van der Waals surface area contributed by atoms with Gasteiger partial charge in [0.1, 0.15) is 0 Å². The predicted octanol–water partition coefficient (Wildman–Crippen LogP) is 1.14. The highest BCUT2D eigenvalue weighted by molar-refractivity contribution is 8.00. The Morgan fingerprint density at radius 2 is 2.28 bits per heavy atom. The minimum Gasteiger partial charge on any atom is -0.478 e. The lowest BCUT2D eigenvalue weighted by molar-refractivity contribution is 0.0693. The summed E-state index contributed by atoms with van der Waals surface area (Å²) in [4.78, 5) is 15.9. The van der Waals surface area contributed by atoms with Crippen LogP contribution >= 0.6 is 11.8 Å². The van der Waals surface area contributed by atoms with Gasteiger partial charge in [0.15, 0.2) is 5.65 Å². The van der Waals surface area contributed by atoms with Crippen molar-refractivity contribution < 1.29 is 15.0 Å². The van der Waals surface area contributed by atoms with Gasteiger partial charge in [-0.1, -0.05) is 6.92 Å². The van der Waals surface area contributed by atoms with E-state index in [0.717, 1.165) is 0 Å². The average molecular weight is 267 g/mol. The standard InChI is InChI=1S/C11H13N3O3S/c1-6(5-15)18-9-7-4-13-14(2)10(7)12-3-8(9)11(16)17/h3-4,6,15H,5H2,1-2H3,(H,16,17). The number of carboxylic acids is 1. The van der Waals surface area contributed by atoms with E-state index in [4.69, 9.17) is 5.11 Å². The van der Waals surface area contributed by atoms with E-state index in [9.17, 15) is 9.90 Å². The van der Waals surface area contributed by atoms with Gasteiger partial charge < -0.3 is 10.2 Å². The van der Waals surface area contributed by atoms with E-state index in [0.29, 0.717) is 15.9 Å². The fraction of sp³-hybridized carbons (Fsp3) is 0.364. The first-order valence-corrected chi connectivity index (χ1v) is 6.24. The maximum atomic E-state index is 11.2. The molecule has 0 saturated carbocycles. The summed E-state index contributed by atoms with van der Waals surface area (Å²) in [6.07, 6.45) is 2.93. The van der Waals surface area contributed by atoms with Crippen LogP contribution in [0.25, 0.3) is 11.0 Å². The summed E-state index contributed by atoms with van der Waals surface area (Å²) in [6, 6.07) is 0. The number of hydrogen-bond donors (Lipinski definition) is 2. The van der Waals surface area contributed by atoms with E-state index in [1.165, 1.54) is 18.0 Å². The summed E-state index contributed by atoms with van der Waals surface area (Å²) >= 11 is 1.32. The van der Waals surface area contributed by atoms with Gasteiger partial charge in [0.2, 0.25) is 0 Å². The Morgan fingerprint density at radius 1 is 1.56 bits per heavy atom. The second-order valence-corrected chi connectivity index (χ2v) is 5.37. The molecule has 2 rings (SSSR count). The minimum absolute atomic E-state index is 0.0200. The summed E-state index contributed by atoms with van der Waals surface area (Å²) in [7, 11) is 1.75. The van der Waals surface area contributed by atoms with Crippen LogP contribution in [-0.4, -0.2) is 42.8 Å². The summed E-state index contributed by atoms with van der Waals surface area (Å²) in [6.45, 7) is 1.81. The van der Waals surface area contributed by atoms with Crippen LogP contribution in [0.3, 0.4) is 0 Å². The normalized spacial score (nSPS) is 12.8. The number of fused-ring (bicyclic) bond motifs is 1. The molecular formula is C11H13N3O3S. The molecule has 0 spiro atoms. The van der Waals surface area contributed by atoms with Gasteiger partial charge in [-0.05, 0) is 0 Å². The monoisotopic (exact) mass is 267 g/mol. The zero-order chi connectivity index (χ0) is 13.3. The van der Waals surface area contributed by atoms with Crippen molar-refractivity contribution in [3.63, 3.8) is 0 Å². The van der Waals surface area contributed by atoms with Crippen LogP contribution in [0.1, 0.15) is 17.3 Å².